The van der Waals surface area contributed by atoms with Gasteiger partial charge in [-0.05, 0) is 64.5 Å². The maximum Gasteiger partial charge on any atom is 0.264 e. The molecule has 0 aromatic heterocycles. The highest BCUT2D eigenvalue weighted by molar-refractivity contribution is 7.92. The van der Waals surface area contributed by atoms with Gasteiger partial charge in [0.05, 0.1) is 10.6 Å². The highest BCUT2D eigenvalue weighted by Gasteiger charge is 2.28. The van der Waals surface area contributed by atoms with Crippen molar-refractivity contribution >= 4 is 21.6 Å². The summed E-state index contributed by atoms with van der Waals surface area (Å²) in [6, 6.07) is 12.3. The van der Waals surface area contributed by atoms with E-state index in [1.54, 1.807) is 30.3 Å². The summed E-state index contributed by atoms with van der Waals surface area (Å²) >= 11 is 0. The Labute approximate surface area is 198 Å². The first-order valence-corrected chi connectivity index (χ1v) is 12.9. The number of hydrogen-bond acceptors (Lipinski definition) is 5. The number of amides is 1. The van der Waals surface area contributed by atoms with Crippen molar-refractivity contribution in [2.24, 2.45) is 0 Å². The number of benzene rings is 2. The van der Waals surface area contributed by atoms with E-state index in [1.165, 1.54) is 4.31 Å². The molecule has 0 unspecified atom stereocenters. The zero-order valence-electron chi connectivity index (χ0n) is 20.2. The van der Waals surface area contributed by atoms with Crippen molar-refractivity contribution in [1.82, 2.24) is 15.1 Å². The smallest absolute Gasteiger partial charge is 0.264 e. The van der Waals surface area contributed by atoms with Crippen molar-refractivity contribution < 1.29 is 13.2 Å². The molecular weight excluding hydrogens is 436 g/mol. The van der Waals surface area contributed by atoms with Gasteiger partial charge in [-0.3, -0.25) is 9.10 Å². The molecule has 1 heterocycles. The van der Waals surface area contributed by atoms with Gasteiger partial charge in [0.25, 0.3) is 10.0 Å². The molecule has 180 valence electrons. The van der Waals surface area contributed by atoms with Crippen molar-refractivity contribution in [1.29, 1.82) is 0 Å². The summed E-state index contributed by atoms with van der Waals surface area (Å²) in [7, 11) is -1.77. The fraction of sp³-hybridized carbons (Fsp3) is 0.480. The van der Waals surface area contributed by atoms with Gasteiger partial charge in [-0.25, -0.2) is 8.42 Å². The van der Waals surface area contributed by atoms with Crippen LogP contribution in [-0.2, 0) is 14.8 Å². The van der Waals surface area contributed by atoms with Crippen molar-refractivity contribution in [2.45, 2.75) is 32.1 Å². The molecule has 8 heteroatoms. The summed E-state index contributed by atoms with van der Waals surface area (Å²) in [4.78, 5) is 17.7. The summed E-state index contributed by atoms with van der Waals surface area (Å²) in [5.74, 6) is -0.302. The fourth-order valence-corrected chi connectivity index (χ4v) is 5.50. The molecule has 0 saturated carbocycles. The van der Waals surface area contributed by atoms with E-state index in [-0.39, 0.29) is 17.3 Å². The summed E-state index contributed by atoms with van der Waals surface area (Å²) in [5, 5.41) is 2.91. The van der Waals surface area contributed by atoms with Gasteiger partial charge in [-0.15, -0.1) is 0 Å². The summed E-state index contributed by atoms with van der Waals surface area (Å²) in [6.07, 6.45) is 0.837. The number of nitrogens with zero attached hydrogens (tertiary/aromatic N) is 3. The highest BCUT2D eigenvalue weighted by atomic mass is 32.2. The Balaban J connectivity index is 1.69. The van der Waals surface area contributed by atoms with Crippen LogP contribution in [0, 0.1) is 20.8 Å². The number of likely N-dealkylation sites (N-methyl/N-ethyl adjacent to an activating group) is 1. The number of nitrogens with one attached hydrogen (secondary N) is 1. The first-order valence-electron chi connectivity index (χ1n) is 11.5. The summed E-state index contributed by atoms with van der Waals surface area (Å²) in [5.41, 5.74) is 3.35. The Kier molecular flexibility index (Phi) is 8.51. The van der Waals surface area contributed by atoms with E-state index in [1.807, 2.05) is 32.9 Å². The van der Waals surface area contributed by atoms with Gasteiger partial charge >= 0.3 is 0 Å². The minimum atomic E-state index is -3.89. The quantitative estimate of drug-likeness (QED) is 0.568. The van der Waals surface area contributed by atoms with Gasteiger partial charge in [0.1, 0.15) is 6.54 Å². The van der Waals surface area contributed by atoms with E-state index in [2.05, 4.69) is 22.2 Å². The van der Waals surface area contributed by atoms with E-state index in [0.29, 0.717) is 12.2 Å². The van der Waals surface area contributed by atoms with Gasteiger partial charge < -0.3 is 15.1 Å². The minimum absolute atomic E-state index is 0.177. The maximum atomic E-state index is 13.5. The monoisotopic (exact) mass is 472 g/mol. The molecule has 0 atom stereocenters. The lowest BCUT2D eigenvalue weighted by Gasteiger charge is -2.32. The largest absolute Gasteiger partial charge is 0.354 e. The van der Waals surface area contributed by atoms with Crippen LogP contribution < -0.4 is 9.62 Å². The van der Waals surface area contributed by atoms with Crippen LogP contribution in [0.25, 0.3) is 0 Å². The van der Waals surface area contributed by atoms with Gasteiger partial charge in [0, 0.05) is 32.7 Å². The maximum absolute atomic E-state index is 13.5. The minimum Gasteiger partial charge on any atom is -0.354 e. The second kappa shape index (κ2) is 11.1. The third-order valence-electron chi connectivity index (χ3n) is 6.09. The molecule has 33 heavy (non-hydrogen) atoms. The molecular formula is C25H36N4O3S. The molecule has 1 saturated heterocycles. The standard InChI is InChI=1S/C25H36N4O3S/c1-20-6-9-23(10-7-20)33(31,32)29(24-11-8-21(2)18-22(24)3)19-25(30)26-12-5-13-28-16-14-27(4)15-17-28/h6-11,18H,5,12-17,19H2,1-4H3,(H,26,30). The van der Waals surface area contributed by atoms with Crippen molar-refractivity contribution in [3.63, 3.8) is 0 Å². The topological polar surface area (TPSA) is 73.0 Å². The lowest BCUT2D eigenvalue weighted by Crippen LogP contribution is -2.45. The van der Waals surface area contributed by atoms with Gasteiger partial charge in [0.15, 0.2) is 0 Å². The first-order chi connectivity index (χ1) is 15.7. The number of carbonyl (C=O) groups is 1. The average Bonchev–Trinajstić information content (AvgIpc) is 2.77. The zero-order chi connectivity index (χ0) is 24.0. The molecule has 1 N–H and O–H groups in total. The fourth-order valence-electron chi connectivity index (χ4n) is 4.01. The number of anilines is 1. The molecule has 1 fully saturated rings. The van der Waals surface area contributed by atoms with Crippen molar-refractivity contribution in [2.75, 3.05) is 57.2 Å². The lowest BCUT2D eigenvalue weighted by atomic mass is 10.1. The number of hydrogen-bond donors (Lipinski definition) is 1. The second-order valence-corrected chi connectivity index (χ2v) is 10.8. The molecule has 1 aliphatic heterocycles. The summed E-state index contributed by atoms with van der Waals surface area (Å²) < 4.78 is 28.3. The van der Waals surface area contributed by atoms with Crippen LogP contribution in [-0.4, -0.2) is 77.0 Å². The van der Waals surface area contributed by atoms with E-state index < -0.39 is 10.0 Å². The van der Waals surface area contributed by atoms with E-state index in [4.69, 9.17) is 0 Å². The predicted octanol–water partition coefficient (Wildman–Crippen LogP) is 2.56. The van der Waals surface area contributed by atoms with Gasteiger partial charge in [-0.1, -0.05) is 35.4 Å². The van der Waals surface area contributed by atoms with Crippen LogP contribution in [0.1, 0.15) is 23.1 Å². The summed E-state index contributed by atoms with van der Waals surface area (Å²) in [6.45, 7) is 11.1. The molecule has 0 radical (unpaired) electrons. The second-order valence-electron chi connectivity index (χ2n) is 8.96. The predicted molar refractivity (Wildman–Crippen MR) is 133 cm³/mol. The highest BCUT2D eigenvalue weighted by Crippen LogP contribution is 2.27. The zero-order valence-corrected chi connectivity index (χ0v) is 21.0. The SMILES string of the molecule is Cc1ccc(S(=O)(=O)N(CC(=O)NCCCN2CCN(C)CC2)c2ccc(C)cc2C)cc1. The Hall–Kier alpha value is -2.42. The molecule has 0 spiro atoms. The van der Waals surface area contributed by atoms with Crippen LogP contribution in [0.4, 0.5) is 5.69 Å². The van der Waals surface area contributed by atoms with E-state index >= 15 is 0 Å². The molecule has 3 rings (SSSR count). The first kappa shape index (κ1) is 25.2. The Morgan fingerprint density at radius 3 is 2.24 bits per heavy atom. The van der Waals surface area contributed by atoms with Crippen LogP contribution in [0.5, 0.6) is 0 Å². The number of rotatable bonds is 9. The van der Waals surface area contributed by atoms with Crippen molar-refractivity contribution in [3.8, 4) is 0 Å². The molecule has 2 aromatic rings. The Bertz CT molecular complexity index is 1050. The molecule has 1 amide bonds. The number of carbonyl (C=O) groups excluding carboxylic acids is 1. The number of piperazine rings is 1. The van der Waals surface area contributed by atoms with Crippen molar-refractivity contribution in [3.05, 3.63) is 59.2 Å². The van der Waals surface area contributed by atoms with Crippen LogP contribution in [0.15, 0.2) is 47.4 Å². The average molecular weight is 473 g/mol. The molecule has 2 aromatic carbocycles. The Morgan fingerprint density at radius 1 is 0.970 bits per heavy atom. The lowest BCUT2D eigenvalue weighted by molar-refractivity contribution is -0.119. The van der Waals surface area contributed by atoms with Gasteiger partial charge in [0.2, 0.25) is 5.91 Å². The third-order valence-corrected chi connectivity index (χ3v) is 7.86. The van der Waals surface area contributed by atoms with Gasteiger partial charge in [-0.2, -0.15) is 0 Å². The normalized spacial score (nSPS) is 15.4. The number of aryl methyl sites for hydroxylation is 3. The van der Waals surface area contributed by atoms with Crippen LogP contribution in [0.2, 0.25) is 0 Å². The molecule has 0 bridgehead atoms. The third kappa shape index (κ3) is 6.79. The van der Waals surface area contributed by atoms with Crippen LogP contribution >= 0.6 is 0 Å². The number of sulfonamides is 1. The molecule has 0 aliphatic carbocycles. The van der Waals surface area contributed by atoms with Crippen LogP contribution in [0.3, 0.4) is 0 Å². The van der Waals surface area contributed by atoms with E-state index in [0.717, 1.165) is 55.8 Å². The van der Waals surface area contributed by atoms with E-state index in [9.17, 15) is 13.2 Å². The molecule has 7 nitrogen and oxygen atoms in total. The molecule has 1 aliphatic rings. The Morgan fingerprint density at radius 2 is 1.61 bits per heavy atom.